The van der Waals surface area contributed by atoms with Crippen molar-refractivity contribution in [3.8, 4) is 0 Å². The second kappa shape index (κ2) is 6.18. The summed E-state index contributed by atoms with van der Waals surface area (Å²) in [7, 11) is -2.30. The highest BCUT2D eigenvalue weighted by molar-refractivity contribution is 9.11. The molecular weight excluding hydrogens is 392 g/mol. The first kappa shape index (κ1) is 16.0. The monoisotopic (exact) mass is 402 g/mol. The zero-order valence-corrected chi connectivity index (χ0v) is 14.4. The average Bonchev–Trinajstić information content (AvgIpc) is 2.98. The van der Waals surface area contributed by atoms with Gasteiger partial charge in [0.05, 0.1) is 15.9 Å². The van der Waals surface area contributed by atoms with Crippen LogP contribution in [0.1, 0.15) is 6.42 Å². The lowest BCUT2D eigenvalue weighted by molar-refractivity contribution is 0.167. The molecule has 2 rings (SSSR count). The molecule has 1 aliphatic rings. The largest absolute Gasteiger partial charge is 0.453 e. The Labute approximate surface area is 134 Å². The van der Waals surface area contributed by atoms with Crippen LogP contribution in [0, 0.1) is 0 Å². The molecule has 1 amide bonds. The fraction of sp³-hybridized carbons (Fsp3) is 0.500. The van der Waals surface area contributed by atoms with E-state index in [1.807, 2.05) is 0 Å². The van der Waals surface area contributed by atoms with E-state index in [1.165, 1.54) is 17.5 Å². The quantitative estimate of drug-likeness (QED) is 0.840. The van der Waals surface area contributed by atoms with Crippen LogP contribution in [0.4, 0.5) is 4.79 Å². The summed E-state index contributed by atoms with van der Waals surface area (Å²) in [6.07, 6.45) is -0.00891. The van der Waals surface area contributed by atoms with E-state index in [4.69, 9.17) is 11.6 Å². The third kappa shape index (κ3) is 3.28. The number of hydrogen-bond acceptors (Lipinski definition) is 5. The van der Waals surface area contributed by atoms with Crippen molar-refractivity contribution in [2.75, 3.05) is 20.2 Å². The zero-order chi connectivity index (χ0) is 14.9. The SMILES string of the molecule is COC(=O)NC1CCN(S(=O)(=O)c2cc(Cl)c(Br)s2)C1. The molecule has 1 N–H and O–H groups in total. The van der Waals surface area contributed by atoms with Gasteiger partial charge >= 0.3 is 6.09 Å². The smallest absolute Gasteiger partial charge is 0.407 e. The molecule has 1 unspecified atom stereocenters. The molecule has 0 saturated carbocycles. The average molecular weight is 404 g/mol. The second-order valence-electron chi connectivity index (χ2n) is 4.17. The Bertz CT molecular complexity index is 599. The molecule has 1 atom stereocenters. The first-order valence-electron chi connectivity index (χ1n) is 5.64. The number of amides is 1. The Morgan fingerprint density at radius 2 is 2.35 bits per heavy atom. The van der Waals surface area contributed by atoms with Gasteiger partial charge in [-0.2, -0.15) is 4.31 Å². The molecule has 1 aliphatic heterocycles. The van der Waals surface area contributed by atoms with Crippen LogP contribution in [0.15, 0.2) is 14.1 Å². The Hall–Kier alpha value is -0.350. The van der Waals surface area contributed by atoms with Gasteiger partial charge in [-0.3, -0.25) is 0 Å². The van der Waals surface area contributed by atoms with Gasteiger partial charge in [0, 0.05) is 19.1 Å². The second-order valence-corrected chi connectivity index (χ2v) is 9.11. The summed E-state index contributed by atoms with van der Waals surface area (Å²) in [6.45, 7) is 0.578. The number of carbonyl (C=O) groups excluding carboxylic acids is 1. The molecule has 1 saturated heterocycles. The number of hydrogen-bond donors (Lipinski definition) is 1. The first-order chi connectivity index (χ1) is 9.34. The molecule has 0 radical (unpaired) electrons. The molecule has 112 valence electrons. The topological polar surface area (TPSA) is 75.7 Å². The Morgan fingerprint density at radius 1 is 1.65 bits per heavy atom. The van der Waals surface area contributed by atoms with Crippen molar-refractivity contribution in [3.05, 3.63) is 14.9 Å². The number of carbonyl (C=O) groups is 1. The maximum absolute atomic E-state index is 12.4. The van der Waals surface area contributed by atoms with E-state index in [-0.39, 0.29) is 16.8 Å². The van der Waals surface area contributed by atoms with Gasteiger partial charge in [0.15, 0.2) is 0 Å². The van der Waals surface area contributed by atoms with Crippen molar-refractivity contribution < 1.29 is 17.9 Å². The Balaban J connectivity index is 2.10. The third-order valence-electron chi connectivity index (χ3n) is 2.88. The van der Waals surface area contributed by atoms with E-state index in [1.54, 1.807) is 0 Å². The predicted octanol–water partition coefficient (Wildman–Crippen LogP) is 2.28. The highest BCUT2D eigenvalue weighted by atomic mass is 79.9. The van der Waals surface area contributed by atoms with Gasteiger partial charge in [-0.15, -0.1) is 11.3 Å². The number of thiophene rings is 1. The van der Waals surface area contributed by atoms with Crippen molar-refractivity contribution in [2.45, 2.75) is 16.7 Å². The van der Waals surface area contributed by atoms with Crippen LogP contribution in [0.3, 0.4) is 0 Å². The number of ether oxygens (including phenoxy) is 1. The normalized spacial score (nSPS) is 20.1. The molecule has 0 spiro atoms. The van der Waals surface area contributed by atoms with Crippen LogP contribution in [0.25, 0.3) is 0 Å². The summed E-state index contributed by atoms with van der Waals surface area (Å²) in [5.74, 6) is 0. The molecule has 6 nitrogen and oxygen atoms in total. The summed E-state index contributed by atoms with van der Waals surface area (Å²) >= 11 is 10.1. The highest BCUT2D eigenvalue weighted by Gasteiger charge is 2.34. The Kier molecular flexibility index (Phi) is 4.96. The van der Waals surface area contributed by atoms with Gasteiger partial charge < -0.3 is 10.1 Å². The van der Waals surface area contributed by atoms with Crippen molar-refractivity contribution in [3.63, 3.8) is 0 Å². The van der Waals surface area contributed by atoms with Crippen LogP contribution in [0.2, 0.25) is 5.02 Å². The van der Waals surface area contributed by atoms with E-state index in [9.17, 15) is 13.2 Å². The first-order valence-corrected chi connectivity index (χ1v) is 9.07. The predicted molar refractivity (Wildman–Crippen MR) is 79.7 cm³/mol. The van der Waals surface area contributed by atoms with Crippen LogP contribution >= 0.6 is 38.9 Å². The lowest BCUT2D eigenvalue weighted by Gasteiger charge is -2.15. The summed E-state index contributed by atoms with van der Waals surface area (Å²) in [5, 5.41) is 2.97. The van der Waals surface area contributed by atoms with Gasteiger partial charge in [-0.1, -0.05) is 11.6 Å². The molecule has 2 heterocycles. The maximum Gasteiger partial charge on any atom is 0.407 e. The molecule has 1 aromatic heterocycles. The van der Waals surface area contributed by atoms with Gasteiger partial charge in [-0.05, 0) is 28.4 Å². The van der Waals surface area contributed by atoms with Crippen LogP contribution in [0.5, 0.6) is 0 Å². The molecule has 20 heavy (non-hydrogen) atoms. The number of rotatable bonds is 3. The van der Waals surface area contributed by atoms with Crippen molar-refractivity contribution in [1.82, 2.24) is 9.62 Å². The maximum atomic E-state index is 12.4. The highest BCUT2D eigenvalue weighted by Crippen LogP contribution is 2.36. The Morgan fingerprint density at radius 3 is 2.90 bits per heavy atom. The fourth-order valence-electron chi connectivity index (χ4n) is 1.87. The third-order valence-corrected chi connectivity index (χ3v) is 7.66. The zero-order valence-electron chi connectivity index (χ0n) is 10.4. The fourth-order valence-corrected chi connectivity index (χ4v) is 5.92. The van der Waals surface area contributed by atoms with Gasteiger partial charge in [-0.25, -0.2) is 13.2 Å². The number of alkyl carbamates (subject to hydrolysis) is 1. The minimum Gasteiger partial charge on any atom is -0.453 e. The van der Waals surface area contributed by atoms with Crippen molar-refractivity contribution in [1.29, 1.82) is 0 Å². The van der Waals surface area contributed by atoms with Crippen LogP contribution < -0.4 is 5.32 Å². The van der Waals surface area contributed by atoms with Crippen LogP contribution in [-0.4, -0.2) is 45.1 Å². The molecule has 1 fully saturated rings. The molecule has 0 aliphatic carbocycles. The summed E-state index contributed by atoms with van der Waals surface area (Å²) < 4.78 is 31.4. The molecule has 0 bridgehead atoms. The number of nitrogens with zero attached hydrogens (tertiary/aromatic N) is 1. The van der Waals surface area contributed by atoms with Gasteiger partial charge in [0.25, 0.3) is 10.0 Å². The lowest BCUT2D eigenvalue weighted by atomic mass is 10.3. The van der Waals surface area contributed by atoms with Crippen molar-refractivity contribution >= 4 is 55.0 Å². The minimum atomic E-state index is -3.57. The molecule has 10 heteroatoms. The van der Waals surface area contributed by atoms with E-state index >= 15 is 0 Å². The summed E-state index contributed by atoms with van der Waals surface area (Å²) in [6, 6.07) is 1.18. The van der Waals surface area contributed by atoms with E-state index < -0.39 is 16.1 Å². The van der Waals surface area contributed by atoms with Gasteiger partial charge in [0.2, 0.25) is 0 Å². The van der Waals surface area contributed by atoms with Crippen LogP contribution in [-0.2, 0) is 14.8 Å². The molecule has 0 aromatic carbocycles. The van der Waals surface area contributed by atoms with Gasteiger partial charge in [0.1, 0.15) is 4.21 Å². The number of methoxy groups -OCH3 is 1. The summed E-state index contributed by atoms with van der Waals surface area (Å²) in [4.78, 5) is 11.1. The van der Waals surface area contributed by atoms with E-state index in [0.29, 0.717) is 21.8 Å². The van der Waals surface area contributed by atoms with E-state index in [0.717, 1.165) is 11.3 Å². The molecular formula is C10H12BrClN2O4S2. The van der Waals surface area contributed by atoms with Crippen molar-refractivity contribution in [2.24, 2.45) is 0 Å². The number of halogens is 2. The number of sulfonamides is 1. The standard InChI is InChI=1S/C10H12BrClN2O4S2/c1-18-10(15)13-6-2-3-14(5-6)20(16,17)8-4-7(12)9(11)19-8/h4,6H,2-3,5H2,1H3,(H,13,15). The number of nitrogens with one attached hydrogen (secondary N) is 1. The summed E-state index contributed by atoms with van der Waals surface area (Å²) in [5.41, 5.74) is 0. The lowest BCUT2D eigenvalue weighted by Crippen LogP contribution is -2.38. The van der Waals surface area contributed by atoms with E-state index in [2.05, 4.69) is 26.0 Å². The molecule has 1 aromatic rings. The minimum absolute atomic E-state index is 0.188.